The summed E-state index contributed by atoms with van der Waals surface area (Å²) in [4.78, 5) is 16.2. The first kappa shape index (κ1) is 17.3. The first-order chi connectivity index (χ1) is 11.0. The zero-order chi connectivity index (χ0) is 17.0. The van der Waals surface area contributed by atoms with Gasteiger partial charge in [0.05, 0.1) is 11.8 Å². The first-order valence-electron chi connectivity index (χ1n) is 8.42. The van der Waals surface area contributed by atoms with E-state index >= 15 is 0 Å². The lowest BCUT2D eigenvalue weighted by Crippen LogP contribution is -2.13. The van der Waals surface area contributed by atoms with E-state index < -0.39 is 5.97 Å². The Morgan fingerprint density at radius 1 is 1.30 bits per heavy atom. The molecule has 23 heavy (non-hydrogen) atoms. The largest absolute Gasteiger partial charge is 0.490 e. The number of imidazole rings is 1. The minimum Gasteiger partial charge on any atom is -0.490 e. The molecule has 0 aromatic carbocycles. The topological polar surface area (TPSA) is 63.8 Å². The molecule has 0 aliphatic carbocycles. The molecule has 2 heterocycles. The highest BCUT2D eigenvalue weighted by molar-refractivity contribution is 5.91. The van der Waals surface area contributed by atoms with Crippen LogP contribution in [0.2, 0.25) is 0 Å². The second-order valence-corrected chi connectivity index (χ2v) is 6.02. The van der Waals surface area contributed by atoms with Crippen molar-refractivity contribution < 1.29 is 14.6 Å². The van der Waals surface area contributed by atoms with Crippen LogP contribution in [0.5, 0.6) is 5.75 Å². The number of aromatic carboxylic acids is 1. The van der Waals surface area contributed by atoms with Gasteiger partial charge in [-0.15, -0.1) is 0 Å². The van der Waals surface area contributed by atoms with Gasteiger partial charge < -0.3 is 14.2 Å². The Bertz CT molecular complexity index is 678. The monoisotopic (exact) mass is 318 g/mol. The zero-order valence-electron chi connectivity index (χ0n) is 14.4. The molecule has 0 aliphatic heterocycles. The SMILES string of the molecule is CCCC(CC)c1cn2cc(C(=O)O)c(O[C@@H](C)CC)cc2n1. The van der Waals surface area contributed by atoms with E-state index in [1.807, 2.05) is 20.0 Å². The summed E-state index contributed by atoms with van der Waals surface area (Å²) in [5.74, 6) is -0.187. The number of carboxylic acids is 1. The van der Waals surface area contributed by atoms with Gasteiger partial charge in [-0.1, -0.05) is 27.2 Å². The number of aromatic nitrogens is 2. The number of ether oxygens (including phenoxy) is 1. The lowest BCUT2D eigenvalue weighted by atomic mass is 9.98. The highest BCUT2D eigenvalue weighted by atomic mass is 16.5. The van der Waals surface area contributed by atoms with Gasteiger partial charge in [0.1, 0.15) is 17.0 Å². The van der Waals surface area contributed by atoms with Crippen molar-refractivity contribution in [3.05, 3.63) is 29.7 Å². The average Bonchev–Trinajstić information content (AvgIpc) is 2.93. The summed E-state index contributed by atoms with van der Waals surface area (Å²) in [6.45, 7) is 8.26. The predicted octanol–water partition coefficient (Wildman–Crippen LogP) is 4.50. The molecule has 0 radical (unpaired) electrons. The molecule has 5 nitrogen and oxygen atoms in total. The van der Waals surface area contributed by atoms with Crippen LogP contribution in [0, 0.1) is 0 Å². The molecule has 1 N–H and O–H groups in total. The van der Waals surface area contributed by atoms with Crippen molar-refractivity contribution in [1.82, 2.24) is 9.38 Å². The van der Waals surface area contributed by atoms with E-state index in [2.05, 4.69) is 18.8 Å². The second-order valence-electron chi connectivity index (χ2n) is 6.02. The van der Waals surface area contributed by atoms with Crippen molar-refractivity contribution in [2.75, 3.05) is 0 Å². The molecule has 5 heteroatoms. The van der Waals surface area contributed by atoms with Gasteiger partial charge in [0.25, 0.3) is 0 Å². The molecule has 0 spiro atoms. The van der Waals surface area contributed by atoms with Gasteiger partial charge in [-0.25, -0.2) is 9.78 Å². The Morgan fingerprint density at radius 2 is 2.04 bits per heavy atom. The fourth-order valence-electron chi connectivity index (χ4n) is 2.70. The van der Waals surface area contributed by atoms with E-state index in [1.165, 1.54) is 0 Å². The number of fused-ring (bicyclic) bond motifs is 1. The van der Waals surface area contributed by atoms with E-state index in [0.717, 1.165) is 37.0 Å². The molecule has 2 aromatic heterocycles. The maximum absolute atomic E-state index is 11.5. The van der Waals surface area contributed by atoms with Crippen LogP contribution in [0.1, 0.15) is 75.3 Å². The van der Waals surface area contributed by atoms with Crippen molar-refractivity contribution in [3.8, 4) is 5.75 Å². The van der Waals surface area contributed by atoms with Crippen molar-refractivity contribution in [2.45, 2.75) is 65.4 Å². The van der Waals surface area contributed by atoms with E-state index in [1.54, 1.807) is 16.7 Å². The molecule has 2 aromatic rings. The normalized spacial score (nSPS) is 13.9. The fraction of sp³-hybridized carbons (Fsp3) is 0.556. The van der Waals surface area contributed by atoms with Gasteiger partial charge in [0.15, 0.2) is 0 Å². The zero-order valence-corrected chi connectivity index (χ0v) is 14.4. The second kappa shape index (κ2) is 7.49. The Kier molecular flexibility index (Phi) is 5.64. The molecular formula is C18H26N2O3. The van der Waals surface area contributed by atoms with E-state index in [0.29, 0.717) is 11.7 Å². The van der Waals surface area contributed by atoms with Crippen molar-refractivity contribution in [3.63, 3.8) is 0 Å². The summed E-state index contributed by atoms with van der Waals surface area (Å²) in [5, 5.41) is 9.44. The molecule has 0 fully saturated rings. The van der Waals surface area contributed by atoms with Gasteiger partial charge in [0.2, 0.25) is 0 Å². The minimum absolute atomic E-state index is 0.0338. The van der Waals surface area contributed by atoms with Gasteiger partial charge in [-0.3, -0.25) is 0 Å². The molecular weight excluding hydrogens is 292 g/mol. The fourth-order valence-corrected chi connectivity index (χ4v) is 2.70. The molecule has 0 saturated carbocycles. The Labute approximate surface area is 137 Å². The number of nitrogens with zero attached hydrogens (tertiary/aromatic N) is 2. The van der Waals surface area contributed by atoms with Crippen LogP contribution in [0.15, 0.2) is 18.5 Å². The summed E-state index contributed by atoms with van der Waals surface area (Å²) >= 11 is 0. The summed E-state index contributed by atoms with van der Waals surface area (Å²) in [6, 6.07) is 1.73. The third kappa shape index (κ3) is 3.84. The molecule has 2 atom stereocenters. The molecule has 2 rings (SSSR count). The smallest absolute Gasteiger partial charge is 0.341 e. The summed E-state index contributed by atoms with van der Waals surface area (Å²) < 4.78 is 7.57. The van der Waals surface area contributed by atoms with Gasteiger partial charge in [-0.05, 0) is 26.2 Å². The highest BCUT2D eigenvalue weighted by Gasteiger charge is 2.18. The van der Waals surface area contributed by atoms with Crippen LogP contribution in [-0.2, 0) is 0 Å². The Hall–Kier alpha value is -2.04. The summed E-state index contributed by atoms with van der Waals surface area (Å²) in [7, 11) is 0. The first-order valence-corrected chi connectivity index (χ1v) is 8.42. The molecule has 126 valence electrons. The lowest BCUT2D eigenvalue weighted by molar-refractivity contribution is 0.0689. The van der Waals surface area contributed by atoms with Crippen molar-refractivity contribution >= 4 is 11.6 Å². The van der Waals surface area contributed by atoms with Crippen LogP contribution in [0.4, 0.5) is 0 Å². The standard InChI is InChI=1S/C18H26N2O3/c1-5-8-13(7-3)15-11-20-10-14(18(21)22)16(9-17(20)19-15)23-12(4)6-2/h9-13H,5-8H2,1-4H3,(H,21,22)/t12-,13?/m0/s1. The third-order valence-electron chi connectivity index (χ3n) is 4.26. The van der Waals surface area contributed by atoms with E-state index in [4.69, 9.17) is 4.74 Å². The van der Waals surface area contributed by atoms with Crippen LogP contribution < -0.4 is 4.74 Å². The maximum atomic E-state index is 11.5. The number of carboxylic acid groups (broad SMARTS) is 1. The molecule has 0 amide bonds. The summed E-state index contributed by atoms with van der Waals surface area (Å²) in [5.41, 5.74) is 1.93. The van der Waals surface area contributed by atoms with E-state index in [9.17, 15) is 9.90 Å². The van der Waals surface area contributed by atoms with Crippen LogP contribution >= 0.6 is 0 Å². The highest BCUT2D eigenvalue weighted by Crippen LogP contribution is 2.27. The van der Waals surface area contributed by atoms with Gasteiger partial charge in [-0.2, -0.15) is 0 Å². The Morgan fingerprint density at radius 3 is 2.61 bits per heavy atom. The van der Waals surface area contributed by atoms with Crippen molar-refractivity contribution in [2.24, 2.45) is 0 Å². The molecule has 0 bridgehead atoms. The average molecular weight is 318 g/mol. The van der Waals surface area contributed by atoms with Crippen LogP contribution in [-0.4, -0.2) is 26.6 Å². The molecule has 0 aliphatic rings. The lowest BCUT2D eigenvalue weighted by Gasteiger charge is -2.14. The van der Waals surface area contributed by atoms with Crippen LogP contribution in [0.3, 0.4) is 0 Å². The number of rotatable bonds is 8. The Balaban J connectivity index is 2.47. The molecule has 0 saturated heterocycles. The van der Waals surface area contributed by atoms with Crippen LogP contribution in [0.25, 0.3) is 5.65 Å². The summed E-state index contributed by atoms with van der Waals surface area (Å²) in [6.07, 6.45) is 7.55. The van der Waals surface area contributed by atoms with Crippen molar-refractivity contribution in [1.29, 1.82) is 0 Å². The number of hydrogen-bond donors (Lipinski definition) is 1. The molecule has 1 unspecified atom stereocenters. The number of carbonyl (C=O) groups is 1. The number of pyridine rings is 1. The predicted molar refractivity (Wildman–Crippen MR) is 90.5 cm³/mol. The van der Waals surface area contributed by atoms with Gasteiger partial charge in [0, 0.05) is 24.4 Å². The maximum Gasteiger partial charge on any atom is 0.341 e. The van der Waals surface area contributed by atoms with E-state index in [-0.39, 0.29) is 11.7 Å². The third-order valence-corrected chi connectivity index (χ3v) is 4.26. The minimum atomic E-state index is -0.985. The van der Waals surface area contributed by atoms with Gasteiger partial charge >= 0.3 is 5.97 Å². The number of hydrogen-bond acceptors (Lipinski definition) is 3. The quantitative estimate of drug-likeness (QED) is 0.778.